The molecule has 1 N–H and O–H groups in total. The summed E-state index contributed by atoms with van der Waals surface area (Å²) in [5, 5.41) is 11.3. The molecule has 7 heteroatoms. The lowest BCUT2D eigenvalue weighted by Crippen LogP contribution is -2.33. The normalized spacial score (nSPS) is 21.2. The van der Waals surface area contributed by atoms with Crippen molar-refractivity contribution in [3.8, 4) is 5.75 Å². The lowest BCUT2D eigenvalue weighted by molar-refractivity contribution is -0.140. The fourth-order valence-electron chi connectivity index (χ4n) is 4.52. The minimum absolute atomic E-state index is 0.00525. The van der Waals surface area contributed by atoms with E-state index in [4.69, 9.17) is 9.47 Å². The van der Waals surface area contributed by atoms with E-state index in [1.54, 1.807) is 12.1 Å². The molecule has 0 spiro atoms. The van der Waals surface area contributed by atoms with Gasteiger partial charge in [0, 0.05) is 38.3 Å². The number of hydrogen-bond donors (Lipinski definition) is 1. The Morgan fingerprint density at radius 2 is 1.88 bits per heavy atom. The average Bonchev–Trinajstić information content (AvgIpc) is 3.29. The van der Waals surface area contributed by atoms with Crippen LogP contribution in [0.4, 0.5) is 5.69 Å². The quantitative estimate of drug-likeness (QED) is 0.380. The molecule has 2 aliphatic heterocycles. The molecular formula is C27H32N2O5. The number of ether oxygens (including phenoxy) is 2. The number of anilines is 1. The van der Waals surface area contributed by atoms with Crippen molar-refractivity contribution in [1.82, 2.24) is 4.90 Å². The van der Waals surface area contributed by atoms with Crippen molar-refractivity contribution in [2.45, 2.75) is 45.4 Å². The van der Waals surface area contributed by atoms with Gasteiger partial charge in [-0.05, 0) is 62.2 Å². The van der Waals surface area contributed by atoms with E-state index in [0.29, 0.717) is 12.2 Å². The van der Waals surface area contributed by atoms with Gasteiger partial charge in [-0.1, -0.05) is 12.1 Å². The lowest BCUT2D eigenvalue weighted by Gasteiger charge is -2.26. The van der Waals surface area contributed by atoms with Crippen molar-refractivity contribution in [3.63, 3.8) is 0 Å². The van der Waals surface area contributed by atoms with Crippen molar-refractivity contribution in [1.29, 1.82) is 0 Å². The first-order chi connectivity index (χ1) is 16.2. The minimum Gasteiger partial charge on any atom is -0.507 e. The van der Waals surface area contributed by atoms with Crippen LogP contribution in [-0.4, -0.2) is 61.2 Å². The standard InChI is InChI=1S/C27H32N2O5/c1-16(2)33-13-12-29-24(18-6-9-21(10-7-18)28(4)5)23(26(31)27(29)32)25(30)19-8-11-22-20(15-19)14-17(3)34-22/h6-11,15-17,24,30H,12-14H2,1-5H3/b25-23-. The Bertz CT molecular complexity index is 1120. The number of fused-ring (bicyclic) bond motifs is 1. The molecule has 0 saturated carbocycles. The van der Waals surface area contributed by atoms with Crippen LogP contribution < -0.4 is 9.64 Å². The molecular weight excluding hydrogens is 432 g/mol. The molecule has 2 unspecified atom stereocenters. The molecule has 180 valence electrons. The maximum atomic E-state index is 13.2. The first-order valence-electron chi connectivity index (χ1n) is 11.6. The Kier molecular flexibility index (Phi) is 6.66. The zero-order chi connectivity index (χ0) is 24.6. The fraction of sp³-hybridized carbons (Fsp3) is 0.407. The molecule has 2 atom stereocenters. The number of ketones is 1. The van der Waals surface area contributed by atoms with Crippen LogP contribution in [0.2, 0.25) is 0 Å². The van der Waals surface area contributed by atoms with E-state index < -0.39 is 17.7 Å². The number of aliphatic hydroxyl groups excluding tert-OH is 1. The summed E-state index contributed by atoms with van der Waals surface area (Å²) in [7, 11) is 3.89. The van der Waals surface area contributed by atoms with E-state index in [2.05, 4.69) is 0 Å². The molecule has 34 heavy (non-hydrogen) atoms. The number of hydrogen-bond acceptors (Lipinski definition) is 6. The second kappa shape index (κ2) is 9.50. The van der Waals surface area contributed by atoms with Gasteiger partial charge in [0.15, 0.2) is 0 Å². The van der Waals surface area contributed by atoms with Crippen LogP contribution in [0.5, 0.6) is 5.75 Å². The Labute approximate surface area is 200 Å². The topological polar surface area (TPSA) is 79.3 Å². The summed E-state index contributed by atoms with van der Waals surface area (Å²) in [4.78, 5) is 29.7. The van der Waals surface area contributed by atoms with Crippen molar-refractivity contribution >= 4 is 23.1 Å². The van der Waals surface area contributed by atoms with E-state index in [1.807, 2.05) is 70.1 Å². The van der Waals surface area contributed by atoms with Gasteiger partial charge in [0.25, 0.3) is 11.7 Å². The smallest absolute Gasteiger partial charge is 0.295 e. The minimum atomic E-state index is -0.699. The fourth-order valence-corrected chi connectivity index (χ4v) is 4.52. The molecule has 2 aliphatic rings. The van der Waals surface area contributed by atoms with Crippen LogP contribution >= 0.6 is 0 Å². The highest BCUT2D eigenvalue weighted by atomic mass is 16.5. The highest BCUT2D eigenvalue weighted by Crippen LogP contribution is 2.40. The molecule has 7 nitrogen and oxygen atoms in total. The van der Waals surface area contributed by atoms with Gasteiger partial charge in [0.1, 0.15) is 17.6 Å². The molecule has 0 radical (unpaired) electrons. The summed E-state index contributed by atoms with van der Waals surface area (Å²) in [5.74, 6) is -0.705. The first kappa shape index (κ1) is 23.8. The van der Waals surface area contributed by atoms with Gasteiger partial charge in [-0.3, -0.25) is 9.59 Å². The third kappa shape index (κ3) is 4.53. The maximum absolute atomic E-state index is 13.2. The molecule has 0 aliphatic carbocycles. The molecule has 2 aromatic rings. The van der Waals surface area contributed by atoms with E-state index >= 15 is 0 Å². The van der Waals surface area contributed by atoms with Crippen LogP contribution in [-0.2, 0) is 20.7 Å². The van der Waals surface area contributed by atoms with Gasteiger partial charge in [0.2, 0.25) is 0 Å². The third-order valence-corrected chi connectivity index (χ3v) is 6.22. The van der Waals surface area contributed by atoms with Crippen LogP contribution in [0.25, 0.3) is 5.76 Å². The number of nitrogens with zero attached hydrogens (tertiary/aromatic N) is 2. The predicted molar refractivity (Wildman–Crippen MR) is 131 cm³/mol. The van der Waals surface area contributed by atoms with Crippen molar-refractivity contribution in [2.24, 2.45) is 0 Å². The Hall–Kier alpha value is -3.32. The van der Waals surface area contributed by atoms with E-state index in [0.717, 1.165) is 29.0 Å². The number of carbonyl (C=O) groups is 2. The number of benzene rings is 2. The van der Waals surface area contributed by atoms with E-state index in [1.165, 1.54) is 4.90 Å². The average molecular weight is 465 g/mol. The molecule has 2 aromatic carbocycles. The summed E-state index contributed by atoms with van der Waals surface area (Å²) < 4.78 is 11.4. The summed E-state index contributed by atoms with van der Waals surface area (Å²) in [5.41, 5.74) is 3.33. The van der Waals surface area contributed by atoms with Crippen LogP contribution in [0.3, 0.4) is 0 Å². The highest BCUT2D eigenvalue weighted by Gasteiger charge is 2.46. The van der Waals surface area contributed by atoms with E-state index in [9.17, 15) is 14.7 Å². The number of carbonyl (C=O) groups excluding carboxylic acids is 2. The Morgan fingerprint density at radius 1 is 1.18 bits per heavy atom. The third-order valence-electron chi connectivity index (χ3n) is 6.22. The monoisotopic (exact) mass is 464 g/mol. The van der Waals surface area contributed by atoms with Crippen LogP contribution in [0, 0.1) is 0 Å². The van der Waals surface area contributed by atoms with Crippen LogP contribution in [0.1, 0.15) is 43.5 Å². The number of amides is 1. The highest BCUT2D eigenvalue weighted by molar-refractivity contribution is 6.46. The zero-order valence-corrected chi connectivity index (χ0v) is 20.4. The second-order valence-electron chi connectivity index (χ2n) is 9.35. The van der Waals surface area contributed by atoms with Crippen LogP contribution in [0.15, 0.2) is 48.0 Å². The van der Waals surface area contributed by atoms with Gasteiger partial charge in [-0.2, -0.15) is 0 Å². The van der Waals surface area contributed by atoms with E-state index in [-0.39, 0.29) is 30.1 Å². The number of Topliss-reactive ketones (excluding diaryl/α,β-unsaturated/α-hetero) is 1. The number of aliphatic hydroxyl groups is 1. The summed E-state index contributed by atoms with van der Waals surface area (Å²) in [6.45, 7) is 6.37. The number of likely N-dealkylation sites (tertiary alicyclic amines) is 1. The predicted octanol–water partition coefficient (Wildman–Crippen LogP) is 3.92. The SMILES string of the molecule is CC(C)OCCN1C(=O)C(=O)/C(=C(\O)c2ccc3c(c2)CC(C)O3)C1c1ccc(N(C)C)cc1. The number of rotatable bonds is 7. The molecule has 1 fully saturated rings. The maximum Gasteiger partial charge on any atom is 0.295 e. The summed E-state index contributed by atoms with van der Waals surface area (Å²) >= 11 is 0. The Balaban J connectivity index is 1.77. The molecule has 0 bridgehead atoms. The lowest BCUT2D eigenvalue weighted by atomic mass is 9.94. The molecule has 1 amide bonds. The summed E-state index contributed by atoms with van der Waals surface area (Å²) in [6, 6.07) is 12.4. The Morgan fingerprint density at radius 3 is 2.53 bits per heavy atom. The molecule has 4 rings (SSSR count). The summed E-state index contributed by atoms with van der Waals surface area (Å²) in [6.07, 6.45) is 0.798. The van der Waals surface area contributed by atoms with Gasteiger partial charge >= 0.3 is 0 Å². The molecule has 1 saturated heterocycles. The van der Waals surface area contributed by atoms with Gasteiger partial charge in [-0.25, -0.2) is 0 Å². The van der Waals surface area contributed by atoms with Gasteiger partial charge in [0.05, 0.1) is 24.3 Å². The van der Waals surface area contributed by atoms with Gasteiger partial charge < -0.3 is 24.4 Å². The van der Waals surface area contributed by atoms with Crippen molar-refractivity contribution in [2.75, 3.05) is 32.1 Å². The van der Waals surface area contributed by atoms with Crippen molar-refractivity contribution in [3.05, 3.63) is 64.7 Å². The largest absolute Gasteiger partial charge is 0.507 e. The molecule has 2 heterocycles. The zero-order valence-electron chi connectivity index (χ0n) is 20.4. The first-order valence-corrected chi connectivity index (χ1v) is 11.6. The molecule has 0 aromatic heterocycles. The van der Waals surface area contributed by atoms with Gasteiger partial charge in [-0.15, -0.1) is 0 Å². The second-order valence-corrected chi connectivity index (χ2v) is 9.35. The van der Waals surface area contributed by atoms with Crippen molar-refractivity contribution < 1.29 is 24.2 Å².